The first kappa shape index (κ1) is 25.8. The summed E-state index contributed by atoms with van der Waals surface area (Å²) in [5.74, 6) is -0.937. The fourth-order valence-corrected chi connectivity index (χ4v) is 5.00. The number of likely N-dealkylation sites (tertiary alicyclic amines) is 1. The summed E-state index contributed by atoms with van der Waals surface area (Å²) in [6.45, 7) is 1.98. The molecule has 0 aliphatic carbocycles. The van der Waals surface area contributed by atoms with E-state index in [4.69, 9.17) is 46.4 Å². The molecule has 0 atom stereocenters. The summed E-state index contributed by atoms with van der Waals surface area (Å²) in [7, 11) is 2.05. The first-order valence-corrected chi connectivity index (χ1v) is 12.5. The largest absolute Gasteiger partial charge is 0.348 e. The summed E-state index contributed by atoms with van der Waals surface area (Å²) in [5, 5.41) is 11.6. The van der Waals surface area contributed by atoms with Crippen molar-refractivity contribution in [1.29, 1.82) is 0 Å². The number of benzene rings is 2. The Labute approximate surface area is 223 Å². The molecule has 1 aliphatic heterocycles. The number of anilines is 1. The third-order valence-corrected chi connectivity index (χ3v) is 7.19. The zero-order valence-corrected chi connectivity index (χ0v) is 21.8. The molecule has 2 heterocycles. The lowest BCUT2D eigenvalue weighted by atomic mass is 10.1. The van der Waals surface area contributed by atoms with Crippen LogP contribution in [0.5, 0.6) is 0 Å². The third-order valence-electron chi connectivity index (χ3n) is 5.85. The quantitative estimate of drug-likeness (QED) is 0.414. The molecule has 2 N–H and O–H groups in total. The van der Waals surface area contributed by atoms with Gasteiger partial charge >= 0.3 is 0 Å². The van der Waals surface area contributed by atoms with Gasteiger partial charge in [0.25, 0.3) is 11.8 Å². The highest BCUT2D eigenvalue weighted by molar-refractivity contribution is 6.40. The second-order valence-corrected chi connectivity index (χ2v) is 10.0. The second-order valence-electron chi connectivity index (χ2n) is 8.39. The standard InChI is InChI=1S/C24H23Cl4N5O2/c1-32-10-8-14(9-11-32)29-24(35)22-20(30-23(34)21-18(27)6-3-7-19(21)28)13-33(31-22)12-15-16(25)4-2-5-17(15)26/h2-7,13-14H,8-12H2,1H3,(H,29,35)(H,30,34). The van der Waals surface area contributed by atoms with Crippen LogP contribution in [0.3, 0.4) is 0 Å². The van der Waals surface area contributed by atoms with Crippen molar-refractivity contribution in [3.05, 3.63) is 79.5 Å². The van der Waals surface area contributed by atoms with Gasteiger partial charge in [-0.15, -0.1) is 0 Å². The SMILES string of the molecule is CN1CCC(NC(=O)c2nn(Cc3c(Cl)cccc3Cl)cc2NC(=O)c2c(Cl)cccc2Cl)CC1. The van der Waals surface area contributed by atoms with Crippen molar-refractivity contribution in [2.45, 2.75) is 25.4 Å². The Morgan fingerprint density at radius 1 is 0.943 bits per heavy atom. The highest BCUT2D eigenvalue weighted by Crippen LogP contribution is 2.28. The Bertz CT molecular complexity index is 1210. The summed E-state index contributed by atoms with van der Waals surface area (Å²) in [6, 6.07) is 10.00. The van der Waals surface area contributed by atoms with Gasteiger partial charge in [-0.1, -0.05) is 58.5 Å². The fraction of sp³-hybridized carbons (Fsp3) is 0.292. The van der Waals surface area contributed by atoms with Gasteiger partial charge in [-0.05, 0) is 57.2 Å². The van der Waals surface area contributed by atoms with Gasteiger partial charge in [0.1, 0.15) is 0 Å². The van der Waals surface area contributed by atoms with E-state index in [1.54, 1.807) is 42.6 Å². The number of carbonyl (C=O) groups is 2. The van der Waals surface area contributed by atoms with Crippen LogP contribution in [0, 0.1) is 0 Å². The fourth-order valence-electron chi connectivity index (χ4n) is 3.91. The molecule has 7 nitrogen and oxygen atoms in total. The van der Waals surface area contributed by atoms with Gasteiger partial charge in [0.15, 0.2) is 5.69 Å². The zero-order valence-electron chi connectivity index (χ0n) is 18.8. The van der Waals surface area contributed by atoms with Gasteiger partial charge in [-0.3, -0.25) is 14.3 Å². The number of halogens is 4. The molecule has 0 unspecified atom stereocenters. The molecule has 1 saturated heterocycles. The number of nitrogens with zero attached hydrogens (tertiary/aromatic N) is 3. The number of carbonyl (C=O) groups excluding carboxylic acids is 2. The maximum atomic E-state index is 13.2. The molecule has 184 valence electrons. The molecular weight excluding hydrogens is 532 g/mol. The molecule has 1 aromatic heterocycles. The number of aromatic nitrogens is 2. The summed E-state index contributed by atoms with van der Waals surface area (Å²) < 4.78 is 1.51. The van der Waals surface area contributed by atoms with E-state index < -0.39 is 5.91 Å². The average Bonchev–Trinajstić information content (AvgIpc) is 3.20. The lowest BCUT2D eigenvalue weighted by Gasteiger charge is -2.29. The molecule has 3 aromatic rings. The Balaban J connectivity index is 1.63. The van der Waals surface area contributed by atoms with E-state index in [0.717, 1.165) is 25.9 Å². The second kappa shape index (κ2) is 11.2. The van der Waals surface area contributed by atoms with Crippen LogP contribution in [0.2, 0.25) is 20.1 Å². The summed E-state index contributed by atoms with van der Waals surface area (Å²) >= 11 is 25.0. The zero-order chi connectivity index (χ0) is 25.1. The van der Waals surface area contributed by atoms with Gasteiger partial charge in [0.2, 0.25) is 0 Å². The molecule has 2 amide bonds. The van der Waals surface area contributed by atoms with Crippen LogP contribution >= 0.6 is 46.4 Å². The van der Waals surface area contributed by atoms with Crippen LogP contribution in [-0.4, -0.2) is 52.7 Å². The van der Waals surface area contributed by atoms with Gasteiger partial charge in [0, 0.05) is 27.8 Å². The number of piperidine rings is 1. The van der Waals surface area contributed by atoms with Crippen LogP contribution in [0.15, 0.2) is 42.6 Å². The van der Waals surface area contributed by atoms with E-state index in [1.165, 1.54) is 4.68 Å². The van der Waals surface area contributed by atoms with Crippen LogP contribution < -0.4 is 10.6 Å². The van der Waals surface area contributed by atoms with Gasteiger partial charge in [-0.25, -0.2) is 0 Å². The molecular formula is C24H23Cl4N5O2. The van der Waals surface area contributed by atoms with Crippen molar-refractivity contribution < 1.29 is 9.59 Å². The van der Waals surface area contributed by atoms with E-state index in [0.29, 0.717) is 15.6 Å². The molecule has 0 spiro atoms. The monoisotopic (exact) mass is 553 g/mol. The molecule has 35 heavy (non-hydrogen) atoms. The normalized spacial score (nSPS) is 14.7. The Morgan fingerprint density at radius 3 is 2.11 bits per heavy atom. The number of rotatable bonds is 6. The van der Waals surface area contributed by atoms with E-state index in [9.17, 15) is 9.59 Å². The van der Waals surface area contributed by atoms with Crippen molar-refractivity contribution in [3.8, 4) is 0 Å². The van der Waals surface area contributed by atoms with E-state index in [2.05, 4.69) is 20.6 Å². The highest BCUT2D eigenvalue weighted by atomic mass is 35.5. The van der Waals surface area contributed by atoms with E-state index in [1.807, 2.05) is 7.05 Å². The molecule has 0 saturated carbocycles. The molecule has 0 bridgehead atoms. The average molecular weight is 555 g/mol. The molecule has 1 fully saturated rings. The Hall–Kier alpha value is -2.29. The number of nitrogens with one attached hydrogen (secondary N) is 2. The van der Waals surface area contributed by atoms with Crippen molar-refractivity contribution in [2.75, 3.05) is 25.5 Å². The van der Waals surface area contributed by atoms with Gasteiger partial charge in [0.05, 0.1) is 27.8 Å². The lowest BCUT2D eigenvalue weighted by molar-refractivity contribution is 0.0912. The lowest BCUT2D eigenvalue weighted by Crippen LogP contribution is -2.43. The van der Waals surface area contributed by atoms with Crippen LogP contribution in [0.1, 0.15) is 39.3 Å². The smallest absolute Gasteiger partial charge is 0.274 e. The molecule has 2 aromatic carbocycles. The van der Waals surface area contributed by atoms with Crippen LogP contribution in [0.4, 0.5) is 5.69 Å². The number of amides is 2. The highest BCUT2D eigenvalue weighted by Gasteiger charge is 2.25. The summed E-state index contributed by atoms with van der Waals surface area (Å²) in [4.78, 5) is 28.5. The summed E-state index contributed by atoms with van der Waals surface area (Å²) in [5.41, 5.74) is 1.05. The van der Waals surface area contributed by atoms with E-state index in [-0.39, 0.29) is 45.5 Å². The van der Waals surface area contributed by atoms with Gasteiger partial charge < -0.3 is 15.5 Å². The minimum Gasteiger partial charge on any atom is -0.348 e. The van der Waals surface area contributed by atoms with Crippen molar-refractivity contribution in [1.82, 2.24) is 20.0 Å². The maximum Gasteiger partial charge on any atom is 0.274 e. The number of hydrogen-bond donors (Lipinski definition) is 2. The first-order chi connectivity index (χ1) is 16.7. The van der Waals surface area contributed by atoms with Gasteiger partial charge in [-0.2, -0.15) is 5.10 Å². The van der Waals surface area contributed by atoms with Crippen molar-refractivity contribution >= 4 is 63.9 Å². The maximum absolute atomic E-state index is 13.2. The third kappa shape index (κ3) is 6.11. The molecule has 1 aliphatic rings. The van der Waals surface area contributed by atoms with Crippen molar-refractivity contribution in [2.24, 2.45) is 0 Å². The minimum atomic E-state index is -0.552. The summed E-state index contributed by atoms with van der Waals surface area (Å²) in [6.07, 6.45) is 3.22. The number of hydrogen-bond acceptors (Lipinski definition) is 4. The van der Waals surface area contributed by atoms with Crippen LogP contribution in [0.25, 0.3) is 0 Å². The van der Waals surface area contributed by atoms with Crippen molar-refractivity contribution in [3.63, 3.8) is 0 Å². The Morgan fingerprint density at radius 2 is 1.51 bits per heavy atom. The molecule has 0 radical (unpaired) electrons. The molecule has 4 rings (SSSR count). The topological polar surface area (TPSA) is 79.3 Å². The van der Waals surface area contributed by atoms with Crippen LogP contribution in [-0.2, 0) is 6.54 Å². The first-order valence-electron chi connectivity index (χ1n) is 11.0. The Kier molecular flexibility index (Phi) is 8.24. The predicted molar refractivity (Wildman–Crippen MR) is 140 cm³/mol. The molecule has 11 heteroatoms. The minimum absolute atomic E-state index is 0.0171. The van der Waals surface area contributed by atoms with E-state index >= 15 is 0 Å². The predicted octanol–water partition coefficient (Wildman–Crippen LogP) is 5.62.